The predicted octanol–water partition coefficient (Wildman–Crippen LogP) is 1.09. The number of unbranched alkanes of at least 4 members (excludes halogenated alkanes) is 1. The van der Waals surface area contributed by atoms with E-state index in [1.165, 1.54) is 0 Å². The second-order valence-corrected chi connectivity index (χ2v) is 2.86. The van der Waals surface area contributed by atoms with E-state index in [2.05, 4.69) is 5.10 Å². The minimum Gasteiger partial charge on any atom is -0.396 e. The second-order valence-electron chi connectivity index (χ2n) is 2.86. The van der Waals surface area contributed by atoms with Gasteiger partial charge in [-0.25, -0.2) is 0 Å². The van der Waals surface area contributed by atoms with E-state index in [4.69, 9.17) is 5.11 Å². The summed E-state index contributed by atoms with van der Waals surface area (Å²) in [7, 11) is 3.82. The van der Waals surface area contributed by atoms with Crippen LogP contribution in [0.1, 0.15) is 26.2 Å². The summed E-state index contributed by atoms with van der Waals surface area (Å²) in [5.41, 5.74) is 1.13. The van der Waals surface area contributed by atoms with Gasteiger partial charge in [0.2, 0.25) is 0 Å². The van der Waals surface area contributed by atoms with Crippen molar-refractivity contribution in [3.05, 3.63) is 0 Å². The number of hydrogen-bond acceptors (Lipinski definition) is 3. The number of aliphatic hydroxyl groups excluding tert-OH is 1. The molecule has 0 aliphatic rings. The molecule has 0 heterocycles. The molecular weight excluding hydrogens is 140 g/mol. The maximum atomic E-state index is 8.51. The maximum absolute atomic E-state index is 8.51. The molecule has 0 saturated heterocycles. The Morgan fingerprint density at radius 2 is 2.00 bits per heavy atom. The Morgan fingerprint density at radius 3 is 2.45 bits per heavy atom. The Labute approximate surface area is 68.7 Å². The van der Waals surface area contributed by atoms with Gasteiger partial charge in [0.05, 0.1) is 0 Å². The zero-order valence-electron chi connectivity index (χ0n) is 7.67. The van der Waals surface area contributed by atoms with E-state index in [0.29, 0.717) is 0 Å². The summed E-state index contributed by atoms with van der Waals surface area (Å²) in [4.78, 5) is 0. The van der Waals surface area contributed by atoms with Crippen molar-refractivity contribution in [1.29, 1.82) is 0 Å². The van der Waals surface area contributed by atoms with E-state index >= 15 is 0 Å². The number of aliphatic hydroxyl groups is 1. The third kappa shape index (κ3) is 7.33. The van der Waals surface area contributed by atoms with Gasteiger partial charge in [0.25, 0.3) is 0 Å². The zero-order chi connectivity index (χ0) is 8.69. The molecule has 0 aromatic carbocycles. The molecule has 1 N–H and O–H groups in total. The maximum Gasteiger partial charge on any atom is 0.0431 e. The van der Waals surface area contributed by atoms with Crippen LogP contribution in [0.4, 0.5) is 0 Å². The summed E-state index contributed by atoms with van der Waals surface area (Å²) in [5.74, 6) is 0. The van der Waals surface area contributed by atoms with Crippen LogP contribution >= 0.6 is 0 Å². The highest BCUT2D eigenvalue weighted by Crippen LogP contribution is 1.97. The highest BCUT2D eigenvalue weighted by atomic mass is 16.2. The molecule has 0 aliphatic carbocycles. The van der Waals surface area contributed by atoms with Crippen molar-refractivity contribution in [1.82, 2.24) is 5.01 Å². The first-order valence-electron chi connectivity index (χ1n) is 3.99. The zero-order valence-corrected chi connectivity index (χ0v) is 7.67. The Hall–Kier alpha value is -0.570. The van der Waals surface area contributed by atoms with E-state index in [-0.39, 0.29) is 6.61 Å². The summed E-state index contributed by atoms with van der Waals surface area (Å²) in [6.07, 6.45) is 2.89. The Balaban J connectivity index is 3.43. The minimum absolute atomic E-state index is 0.287. The molecule has 3 heteroatoms. The number of hydrogen-bond donors (Lipinski definition) is 1. The molecule has 0 fully saturated rings. The fourth-order valence-electron chi connectivity index (χ4n) is 0.884. The molecule has 11 heavy (non-hydrogen) atoms. The third-order valence-corrected chi connectivity index (χ3v) is 1.32. The van der Waals surface area contributed by atoms with E-state index < -0.39 is 0 Å². The largest absolute Gasteiger partial charge is 0.396 e. The SMILES string of the molecule is C/C(CCCCO)=N/N(C)C. The summed E-state index contributed by atoms with van der Waals surface area (Å²) >= 11 is 0. The van der Waals surface area contributed by atoms with Crippen LogP contribution in [0.2, 0.25) is 0 Å². The Morgan fingerprint density at radius 1 is 1.36 bits per heavy atom. The van der Waals surface area contributed by atoms with Gasteiger partial charge in [0.15, 0.2) is 0 Å². The smallest absolute Gasteiger partial charge is 0.0431 e. The lowest BCUT2D eigenvalue weighted by Gasteiger charge is -2.06. The first-order valence-corrected chi connectivity index (χ1v) is 3.99. The lowest BCUT2D eigenvalue weighted by Crippen LogP contribution is -2.06. The van der Waals surface area contributed by atoms with E-state index in [9.17, 15) is 0 Å². The quantitative estimate of drug-likeness (QED) is 0.369. The van der Waals surface area contributed by atoms with Gasteiger partial charge < -0.3 is 10.1 Å². The van der Waals surface area contributed by atoms with Crippen LogP contribution in [-0.2, 0) is 0 Å². The van der Waals surface area contributed by atoms with Crippen molar-refractivity contribution in [3.63, 3.8) is 0 Å². The summed E-state index contributed by atoms with van der Waals surface area (Å²) in [6, 6.07) is 0. The Kier molecular flexibility index (Phi) is 5.84. The van der Waals surface area contributed by atoms with Gasteiger partial charge in [-0.05, 0) is 26.2 Å². The van der Waals surface area contributed by atoms with E-state index in [1.807, 2.05) is 21.0 Å². The fourth-order valence-corrected chi connectivity index (χ4v) is 0.884. The normalized spacial score (nSPS) is 11.8. The average Bonchev–Trinajstić information content (AvgIpc) is 1.86. The molecule has 0 unspecified atom stereocenters. The van der Waals surface area contributed by atoms with Crippen LogP contribution in [0.3, 0.4) is 0 Å². The molecule has 0 radical (unpaired) electrons. The van der Waals surface area contributed by atoms with Crippen molar-refractivity contribution < 1.29 is 5.11 Å². The molecule has 0 rings (SSSR count). The topological polar surface area (TPSA) is 35.8 Å². The number of nitrogens with zero attached hydrogens (tertiary/aromatic N) is 2. The van der Waals surface area contributed by atoms with Crippen molar-refractivity contribution in [3.8, 4) is 0 Å². The molecule has 0 spiro atoms. The predicted molar refractivity (Wildman–Crippen MR) is 47.7 cm³/mol. The van der Waals surface area contributed by atoms with Crippen LogP contribution in [0.5, 0.6) is 0 Å². The van der Waals surface area contributed by atoms with Gasteiger partial charge in [0, 0.05) is 26.4 Å². The van der Waals surface area contributed by atoms with Crippen LogP contribution in [-0.4, -0.2) is 36.5 Å². The molecule has 3 nitrogen and oxygen atoms in total. The highest BCUT2D eigenvalue weighted by Gasteiger charge is 1.92. The summed E-state index contributed by atoms with van der Waals surface area (Å²) in [6.45, 7) is 2.30. The first kappa shape index (κ1) is 10.4. The molecule has 0 aromatic heterocycles. The molecule has 0 amide bonds. The van der Waals surface area contributed by atoms with E-state index in [1.54, 1.807) is 5.01 Å². The van der Waals surface area contributed by atoms with Gasteiger partial charge in [0.1, 0.15) is 0 Å². The van der Waals surface area contributed by atoms with E-state index in [0.717, 1.165) is 25.0 Å². The van der Waals surface area contributed by atoms with Crippen molar-refractivity contribution in [2.24, 2.45) is 5.10 Å². The molecule has 0 aromatic rings. The third-order valence-electron chi connectivity index (χ3n) is 1.32. The van der Waals surface area contributed by atoms with Crippen LogP contribution < -0.4 is 0 Å². The van der Waals surface area contributed by atoms with Gasteiger partial charge in [-0.1, -0.05) is 0 Å². The lowest BCUT2D eigenvalue weighted by atomic mass is 10.2. The minimum atomic E-state index is 0.287. The monoisotopic (exact) mass is 158 g/mol. The van der Waals surface area contributed by atoms with Crippen LogP contribution in [0.15, 0.2) is 5.10 Å². The van der Waals surface area contributed by atoms with Crippen molar-refractivity contribution in [2.75, 3.05) is 20.7 Å². The van der Waals surface area contributed by atoms with Gasteiger partial charge in [-0.3, -0.25) is 0 Å². The van der Waals surface area contributed by atoms with Crippen LogP contribution in [0, 0.1) is 0 Å². The van der Waals surface area contributed by atoms with Crippen LogP contribution in [0.25, 0.3) is 0 Å². The first-order chi connectivity index (χ1) is 5.16. The standard InChI is InChI=1S/C8H18N2O/c1-8(9-10(2)3)6-4-5-7-11/h11H,4-7H2,1-3H3/b9-8-. The summed E-state index contributed by atoms with van der Waals surface area (Å²) in [5, 5.41) is 14.5. The molecule has 0 saturated carbocycles. The second kappa shape index (κ2) is 6.16. The average molecular weight is 158 g/mol. The van der Waals surface area contributed by atoms with Gasteiger partial charge >= 0.3 is 0 Å². The molecule has 66 valence electrons. The lowest BCUT2D eigenvalue weighted by molar-refractivity contribution is 0.285. The Bertz CT molecular complexity index is 121. The molecule has 0 atom stereocenters. The molecule has 0 bridgehead atoms. The highest BCUT2D eigenvalue weighted by molar-refractivity contribution is 5.81. The van der Waals surface area contributed by atoms with Crippen molar-refractivity contribution in [2.45, 2.75) is 26.2 Å². The summed E-state index contributed by atoms with van der Waals surface area (Å²) < 4.78 is 0. The number of rotatable bonds is 5. The van der Waals surface area contributed by atoms with Gasteiger partial charge in [-0.15, -0.1) is 0 Å². The molecular formula is C8H18N2O. The van der Waals surface area contributed by atoms with Gasteiger partial charge in [-0.2, -0.15) is 5.10 Å². The fraction of sp³-hybridized carbons (Fsp3) is 0.875. The number of hydrazone groups is 1. The molecule has 0 aliphatic heterocycles. The van der Waals surface area contributed by atoms with Crippen molar-refractivity contribution >= 4 is 5.71 Å².